The third-order valence-electron chi connectivity index (χ3n) is 3.21. The molecule has 1 fully saturated rings. The van der Waals surface area contributed by atoms with Crippen LogP contribution >= 0.6 is 15.9 Å². The van der Waals surface area contributed by atoms with Gasteiger partial charge in [0.1, 0.15) is 5.25 Å². The number of hydrogen-bond donors (Lipinski definition) is 0. The molecule has 1 saturated heterocycles. The molecule has 1 heterocycles. The van der Waals surface area contributed by atoms with Crippen molar-refractivity contribution in [2.45, 2.75) is 30.9 Å². The van der Waals surface area contributed by atoms with Crippen molar-refractivity contribution in [3.8, 4) is 0 Å². The van der Waals surface area contributed by atoms with Crippen LogP contribution in [0.3, 0.4) is 0 Å². The van der Waals surface area contributed by atoms with Gasteiger partial charge in [0, 0.05) is 10.9 Å². The number of carbonyl (C=O) groups excluding carboxylic acids is 1. The van der Waals surface area contributed by atoms with Crippen molar-refractivity contribution < 1.29 is 13.2 Å². The van der Waals surface area contributed by atoms with Gasteiger partial charge in [-0.15, -0.1) is 0 Å². The lowest BCUT2D eigenvalue weighted by Gasteiger charge is -2.21. The maximum Gasteiger partial charge on any atom is 0.160 e. The van der Waals surface area contributed by atoms with Gasteiger partial charge in [-0.05, 0) is 30.5 Å². The van der Waals surface area contributed by atoms with Crippen LogP contribution in [0.1, 0.15) is 24.8 Å². The van der Waals surface area contributed by atoms with Crippen LogP contribution in [0, 0.1) is 0 Å². The molecule has 0 aromatic heterocycles. The fourth-order valence-corrected chi connectivity index (χ4v) is 4.63. The Bertz CT molecular complexity index is 551. The van der Waals surface area contributed by atoms with E-state index >= 15 is 0 Å². The average Bonchev–Trinajstić information content (AvgIpc) is 2.28. The van der Waals surface area contributed by atoms with E-state index in [1.54, 1.807) is 0 Å². The van der Waals surface area contributed by atoms with Crippen LogP contribution in [-0.2, 0) is 21.1 Å². The summed E-state index contributed by atoms with van der Waals surface area (Å²) in [4.78, 5) is 12.1. The molecule has 0 aliphatic carbocycles. The Morgan fingerprint density at radius 1 is 1.33 bits per heavy atom. The molecule has 0 bridgehead atoms. The molecule has 3 nitrogen and oxygen atoms in total. The molecule has 0 spiro atoms. The maximum absolute atomic E-state index is 12.1. The molecule has 5 heteroatoms. The molecule has 0 amide bonds. The van der Waals surface area contributed by atoms with Gasteiger partial charge in [0.25, 0.3) is 0 Å². The fraction of sp³-hybridized carbons (Fsp3) is 0.462. The summed E-state index contributed by atoms with van der Waals surface area (Å²) >= 11 is 3.34. The first-order valence-corrected chi connectivity index (χ1v) is 8.48. The molecular weight excluding hydrogens is 316 g/mol. The van der Waals surface area contributed by atoms with Crippen molar-refractivity contribution in [1.29, 1.82) is 0 Å². The van der Waals surface area contributed by atoms with Crippen LogP contribution in [0.15, 0.2) is 28.7 Å². The standard InChI is InChI=1S/C13H15BrO3S/c14-11-5-3-4-10(8-11)9-12(15)13-6-1-2-7-18(13,16)17/h3-5,8,13H,1-2,6-7,9H2. The minimum absolute atomic E-state index is 0.155. The van der Waals surface area contributed by atoms with Crippen molar-refractivity contribution in [2.24, 2.45) is 0 Å². The zero-order valence-corrected chi connectivity index (χ0v) is 12.3. The van der Waals surface area contributed by atoms with Gasteiger partial charge >= 0.3 is 0 Å². The number of Topliss-reactive ketones (excluding diaryl/α,β-unsaturated/α-hetero) is 1. The smallest absolute Gasteiger partial charge is 0.160 e. The molecule has 0 radical (unpaired) electrons. The first-order chi connectivity index (χ1) is 8.49. The fourth-order valence-electron chi connectivity index (χ4n) is 2.28. The average molecular weight is 331 g/mol. The van der Waals surface area contributed by atoms with Crippen LogP contribution < -0.4 is 0 Å². The van der Waals surface area contributed by atoms with Crippen molar-refractivity contribution in [3.63, 3.8) is 0 Å². The minimum Gasteiger partial charge on any atom is -0.298 e. The highest BCUT2D eigenvalue weighted by Gasteiger charge is 2.34. The Labute approximate surface area is 116 Å². The van der Waals surface area contributed by atoms with Crippen molar-refractivity contribution in [1.82, 2.24) is 0 Å². The Morgan fingerprint density at radius 3 is 2.78 bits per heavy atom. The molecule has 1 unspecified atom stereocenters. The number of hydrogen-bond acceptors (Lipinski definition) is 3. The van der Waals surface area contributed by atoms with E-state index in [4.69, 9.17) is 0 Å². The van der Waals surface area contributed by atoms with Gasteiger partial charge in [0.05, 0.1) is 5.75 Å². The number of benzene rings is 1. The molecule has 1 aliphatic heterocycles. The van der Waals surface area contributed by atoms with Crippen LogP contribution in [0.4, 0.5) is 0 Å². The van der Waals surface area contributed by atoms with E-state index in [9.17, 15) is 13.2 Å². The third kappa shape index (κ3) is 3.20. The molecular formula is C13H15BrO3S. The van der Waals surface area contributed by atoms with Gasteiger partial charge in [0.15, 0.2) is 15.6 Å². The predicted molar refractivity (Wildman–Crippen MR) is 74.3 cm³/mol. The lowest BCUT2D eigenvalue weighted by atomic mass is 10.0. The molecule has 1 atom stereocenters. The Kier molecular flexibility index (Phi) is 4.22. The van der Waals surface area contributed by atoms with E-state index in [0.29, 0.717) is 12.8 Å². The van der Waals surface area contributed by atoms with Crippen LogP contribution in [0.25, 0.3) is 0 Å². The van der Waals surface area contributed by atoms with Gasteiger partial charge in [-0.2, -0.15) is 0 Å². The lowest BCUT2D eigenvalue weighted by molar-refractivity contribution is -0.118. The highest BCUT2D eigenvalue weighted by molar-refractivity contribution is 9.10. The Morgan fingerprint density at radius 2 is 2.11 bits per heavy atom. The summed E-state index contributed by atoms with van der Waals surface area (Å²) in [6.07, 6.45) is 2.19. The van der Waals surface area contributed by atoms with Gasteiger partial charge < -0.3 is 0 Å². The second-order valence-corrected chi connectivity index (χ2v) is 7.84. The monoisotopic (exact) mass is 330 g/mol. The molecule has 1 aromatic carbocycles. The van der Waals surface area contributed by atoms with Crippen LogP contribution in [-0.4, -0.2) is 25.2 Å². The predicted octanol–water partition coefficient (Wildman–Crippen LogP) is 2.53. The van der Waals surface area contributed by atoms with E-state index in [1.165, 1.54) is 0 Å². The van der Waals surface area contributed by atoms with Crippen LogP contribution in [0.5, 0.6) is 0 Å². The highest BCUT2D eigenvalue weighted by atomic mass is 79.9. The van der Waals surface area contributed by atoms with Crippen molar-refractivity contribution in [2.75, 3.05) is 5.75 Å². The zero-order chi connectivity index (χ0) is 13.2. The second kappa shape index (κ2) is 5.53. The number of carbonyl (C=O) groups is 1. The molecule has 1 aromatic rings. The summed E-state index contributed by atoms with van der Waals surface area (Å²) in [5.41, 5.74) is 0.857. The summed E-state index contributed by atoms with van der Waals surface area (Å²) in [5, 5.41) is -0.787. The summed E-state index contributed by atoms with van der Waals surface area (Å²) in [7, 11) is -3.21. The van der Waals surface area contributed by atoms with Crippen molar-refractivity contribution >= 4 is 31.6 Å². The SMILES string of the molecule is O=C(Cc1cccc(Br)c1)C1CCCCS1(=O)=O. The largest absolute Gasteiger partial charge is 0.298 e. The number of rotatable bonds is 3. The number of halogens is 1. The van der Waals surface area contributed by atoms with Gasteiger partial charge in [-0.3, -0.25) is 4.79 Å². The molecule has 18 heavy (non-hydrogen) atoms. The Balaban J connectivity index is 2.12. The third-order valence-corrected chi connectivity index (χ3v) is 5.92. The summed E-state index contributed by atoms with van der Waals surface area (Å²) in [6.45, 7) is 0. The molecule has 98 valence electrons. The van der Waals surface area contributed by atoms with E-state index in [-0.39, 0.29) is 18.0 Å². The van der Waals surface area contributed by atoms with E-state index in [1.807, 2.05) is 24.3 Å². The first kappa shape index (κ1) is 13.7. The van der Waals surface area contributed by atoms with Crippen molar-refractivity contribution in [3.05, 3.63) is 34.3 Å². The summed E-state index contributed by atoms with van der Waals surface area (Å²) in [6, 6.07) is 7.43. The van der Waals surface area contributed by atoms with Gasteiger partial charge in [0.2, 0.25) is 0 Å². The Hall–Kier alpha value is -0.680. The molecule has 2 rings (SSSR count). The summed E-state index contributed by atoms with van der Waals surface area (Å²) < 4.78 is 24.6. The van der Waals surface area contributed by atoms with E-state index in [2.05, 4.69) is 15.9 Å². The number of sulfone groups is 1. The second-order valence-electron chi connectivity index (χ2n) is 4.62. The van der Waals surface area contributed by atoms with Gasteiger partial charge in [-0.25, -0.2) is 8.42 Å². The van der Waals surface area contributed by atoms with Crippen LogP contribution in [0.2, 0.25) is 0 Å². The van der Waals surface area contributed by atoms with E-state index < -0.39 is 15.1 Å². The zero-order valence-electron chi connectivity index (χ0n) is 9.93. The highest BCUT2D eigenvalue weighted by Crippen LogP contribution is 2.22. The molecule has 0 saturated carbocycles. The van der Waals surface area contributed by atoms with Gasteiger partial charge in [-0.1, -0.05) is 34.5 Å². The van der Waals surface area contributed by atoms with E-state index in [0.717, 1.165) is 16.5 Å². The lowest BCUT2D eigenvalue weighted by Crippen LogP contribution is -2.36. The number of ketones is 1. The first-order valence-electron chi connectivity index (χ1n) is 5.98. The normalized spacial score (nSPS) is 22.6. The maximum atomic E-state index is 12.1. The quantitative estimate of drug-likeness (QED) is 0.855. The molecule has 0 N–H and O–H groups in total. The molecule has 1 aliphatic rings. The summed E-state index contributed by atoms with van der Waals surface area (Å²) in [5.74, 6) is -0.0187. The topological polar surface area (TPSA) is 51.2 Å². The minimum atomic E-state index is -3.21.